The molecule has 0 amide bonds. The number of nitrogens with one attached hydrogen (secondary N) is 1. The first-order valence-electron chi connectivity index (χ1n) is 8.44. The molecule has 3 heteroatoms. The second-order valence-electron chi connectivity index (χ2n) is 5.94. The molecule has 0 heterocycles. The molecule has 0 spiro atoms. The lowest BCUT2D eigenvalue weighted by Gasteiger charge is -2.15. The summed E-state index contributed by atoms with van der Waals surface area (Å²) >= 11 is 0. The SMILES string of the molecule is COc1cccc([C@H](C)NCc2cccc(Oc3ccccc3)c2)c1. The van der Waals surface area contributed by atoms with Gasteiger partial charge in [-0.1, -0.05) is 42.5 Å². The van der Waals surface area contributed by atoms with Crippen molar-refractivity contribution in [3.8, 4) is 17.2 Å². The van der Waals surface area contributed by atoms with Crippen molar-refractivity contribution < 1.29 is 9.47 Å². The Labute approximate surface area is 149 Å². The van der Waals surface area contributed by atoms with E-state index in [-0.39, 0.29) is 6.04 Å². The zero-order valence-corrected chi connectivity index (χ0v) is 14.6. The van der Waals surface area contributed by atoms with Crippen LogP contribution in [-0.4, -0.2) is 7.11 Å². The van der Waals surface area contributed by atoms with Crippen LogP contribution in [0.5, 0.6) is 17.2 Å². The van der Waals surface area contributed by atoms with Crippen molar-refractivity contribution >= 4 is 0 Å². The van der Waals surface area contributed by atoms with E-state index < -0.39 is 0 Å². The van der Waals surface area contributed by atoms with E-state index >= 15 is 0 Å². The minimum Gasteiger partial charge on any atom is -0.497 e. The first kappa shape index (κ1) is 17.1. The third-order valence-corrected chi connectivity index (χ3v) is 4.08. The van der Waals surface area contributed by atoms with Gasteiger partial charge in [-0.25, -0.2) is 0 Å². The molecule has 3 rings (SSSR count). The molecule has 0 aromatic heterocycles. The number of ether oxygens (including phenoxy) is 2. The highest BCUT2D eigenvalue weighted by molar-refractivity contribution is 5.34. The van der Waals surface area contributed by atoms with Crippen molar-refractivity contribution in [2.75, 3.05) is 7.11 Å². The monoisotopic (exact) mass is 333 g/mol. The van der Waals surface area contributed by atoms with Gasteiger partial charge in [0, 0.05) is 12.6 Å². The predicted molar refractivity (Wildman–Crippen MR) is 101 cm³/mol. The molecule has 0 radical (unpaired) electrons. The van der Waals surface area contributed by atoms with Crippen molar-refractivity contribution in [1.82, 2.24) is 5.32 Å². The average molecular weight is 333 g/mol. The molecule has 3 aromatic carbocycles. The molecule has 0 fully saturated rings. The van der Waals surface area contributed by atoms with Crippen molar-refractivity contribution in [2.24, 2.45) is 0 Å². The molecule has 0 saturated carbocycles. The normalized spacial score (nSPS) is 11.8. The van der Waals surface area contributed by atoms with Crippen LogP contribution in [0.25, 0.3) is 0 Å². The maximum atomic E-state index is 5.90. The molecule has 0 bridgehead atoms. The Morgan fingerprint density at radius 1 is 0.800 bits per heavy atom. The Morgan fingerprint density at radius 3 is 2.32 bits per heavy atom. The van der Waals surface area contributed by atoms with Crippen molar-refractivity contribution in [3.63, 3.8) is 0 Å². The van der Waals surface area contributed by atoms with Gasteiger partial charge >= 0.3 is 0 Å². The van der Waals surface area contributed by atoms with Crippen LogP contribution in [0.15, 0.2) is 78.9 Å². The van der Waals surface area contributed by atoms with Gasteiger partial charge in [0.05, 0.1) is 7.11 Å². The second kappa shape index (κ2) is 8.36. The Bertz CT molecular complexity index is 802. The van der Waals surface area contributed by atoms with Crippen LogP contribution in [0.4, 0.5) is 0 Å². The first-order valence-corrected chi connectivity index (χ1v) is 8.44. The van der Waals surface area contributed by atoms with E-state index in [4.69, 9.17) is 9.47 Å². The van der Waals surface area contributed by atoms with Crippen LogP contribution < -0.4 is 14.8 Å². The van der Waals surface area contributed by atoms with E-state index in [1.165, 1.54) is 11.1 Å². The Hall–Kier alpha value is -2.78. The highest BCUT2D eigenvalue weighted by atomic mass is 16.5. The van der Waals surface area contributed by atoms with Crippen LogP contribution in [0.3, 0.4) is 0 Å². The fourth-order valence-electron chi connectivity index (χ4n) is 2.64. The largest absolute Gasteiger partial charge is 0.497 e. The Morgan fingerprint density at radius 2 is 1.52 bits per heavy atom. The summed E-state index contributed by atoms with van der Waals surface area (Å²) in [5, 5.41) is 3.55. The fourth-order valence-corrected chi connectivity index (χ4v) is 2.64. The molecule has 0 unspecified atom stereocenters. The molecule has 1 atom stereocenters. The minimum atomic E-state index is 0.230. The summed E-state index contributed by atoms with van der Waals surface area (Å²) in [5.41, 5.74) is 2.39. The highest BCUT2D eigenvalue weighted by Crippen LogP contribution is 2.23. The van der Waals surface area contributed by atoms with Crippen LogP contribution in [0.2, 0.25) is 0 Å². The van der Waals surface area contributed by atoms with E-state index in [1.807, 2.05) is 54.6 Å². The third kappa shape index (κ3) is 4.85. The molecule has 0 saturated heterocycles. The van der Waals surface area contributed by atoms with Gasteiger partial charge < -0.3 is 14.8 Å². The van der Waals surface area contributed by atoms with Gasteiger partial charge in [-0.2, -0.15) is 0 Å². The van der Waals surface area contributed by atoms with Crippen LogP contribution in [0.1, 0.15) is 24.1 Å². The van der Waals surface area contributed by atoms with Gasteiger partial charge in [0.15, 0.2) is 0 Å². The van der Waals surface area contributed by atoms with Gasteiger partial charge in [0.1, 0.15) is 17.2 Å². The molecular weight excluding hydrogens is 310 g/mol. The van der Waals surface area contributed by atoms with Crippen molar-refractivity contribution in [3.05, 3.63) is 90.0 Å². The van der Waals surface area contributed by atoms with Crippen LogP contribution >= 0.6 is 0 Å². The van der Waals surface area contributed by atoms with E-state index in [1.54, 1.807) is 7.11 Å². The van der Waals surface area contributed by atoms with Crippen molar-refractivity contribution in [1.29, 1.82) is 0 Å². The summed E-state index contributed by atoms with van der Waals surface area (Å²) in [6.07, 6.45) is 0. The molecular formula is C22H23NO2. The smallest absolute Gasteiger partial charge is 0.127 e. The summed E-state index contributed by atoms with van der Waals surface area (Å²) in [7, 11) is 1.69. The second-order valence-corrected chi connectivity index (χ2v) is 5.94. The lowest BCUT2D eigenvalue weighted by Crippen LogP contribution is -2.18. The number of hydrogen-bond acceptors (Lipinski definition) is 3. The fraction of sp³-hybridized carbons (Fsp3) is 0.182. The van der Waals surface area contributed by atoms with Crippen molar-refractivity contribution in [2.45, 2.75) is 19.5 Å². The quantitative estimate of drug-likeness (QED) is 0.633. The van der Waals surface area contributed by atoms with E-state index in [0.29, 0.717) is 0 Å². The number of hydrogen-bond donors (Lipinski definition) is 1. The van der Waals surface area contributed by atoms with Gasteiger partial charge in [0.25, 0.3) is 0 Å². The summed E-state index contributed by atoms with van der Waals surface area (Å²) < 4.78 is 11.2. The zero-order valence-electron chi connectivity index (χ0n) is 14.6. The molecule has 25 heavy (non-hydrogen) atoms. The molecule has 3 aromatic rings. The van der Waals surface area contributed by atoms with E-state index in [0.717, 1.165) is 23.8 Å². The molecule has 0 aliphatic rings. The molecule has 1 N–H and O–H groups in total. The minimum absolute atomic E-state index is 0.230. The van der Waals surface area contributed by atoms with Gasteiger partial charge in [-0.05, 0) is 54.4 Å². The van der Waals surface area contributed by atoms with Crippen LogP contribution in [0, 0.1) is 0 Å². The third-order valence-electron chi connectivity index (χ3n) is 4.08. The lowest BCUT2D eigenvalue weighted by molar-refractivity contribution is 0.413. The maximum Gasteiger partial charge on any atom is 0.127 e. The Kier molecular flexibility index (Phi) is 5.70. The molecule has 128 valence electrons. The average Bonchev–Trinajstić information content (AvgIpc) is 2.67. The lowest BCUT2D eigenvalue weighted by atomic mass is 10.1. The first-order chi connectivity index (χ1) is 12.2. The number of rotatable bonds is 7. The summed E-state index contributed by atoms with van der Waals surface area (Å²) in [6, 6.07) is 26.4. The Balaban J connectivity index is 1.62. The zero-order chi connectivity index (χ0) is 17.5. The van der Waals surface area contributed by atoms with E-state index in [2.05, 4.69) is 36.5 Å². The summed E-state index contributed by atoms with van der Waals surface area (Å²) in [4.78, 5) is 0. The summed E-state index contributed by atoms with van der Waals surface area (Å²) in [6.45, 7) is 2.92. The predicted octanol–water partition coefficient (Wildman–Crippen LogP) is 5.34. The maximum absolute atomic E-state index is 5.90. The molecule has 0 aliphatic heterocycles. The number of methoxy groups -OCH3 is 1. The van der Waals surface area contributed by atoms with Gasteiger partial charge in [0.2, 0.25) is 0 Å². The highest BCUT2D eigenvalue weighted by Gasteiger charge is 2.06. The number of benzene rings is 3. The molecule has 0 aliphatic carbocycles. The summed E-state index contributed by atoms with van der Waals surface area (Å²) in [5.74, 6) is 2.57. The number of para-hydroxylation sites is 1. The van der Waals surface area contributed by atoms with E-state index in [9.17, 15) is 0 Å². The van der Waals surface area contributed by atoms with Gasteiger partial charge in [-0.15, -0.1) is 0 Å². The standard InChI is InChI=1S/C22H23NO2/c1-17(19-9-7-12-21(15-19)24-2)23-16-18-8-6-13-22(14-18)25-20-10-4-3-5-11-20/h3-15,17,23H,16H2,1-2H3/t17-/m0/s1. The molecule has 3 nitrogen and oxygen atoms in total. The van der Waals surface area contributed by atoms with Crippen LogP contribution in [-0.2, 0) is 6.54 Å². The van der Waals surface area contributed by atoms with Gasteiger partial charge in [-0.3, -0.25) is 0 Å². The topological polar surface area (TPSA) is 30.5 Å².